The molecular formula is C10H18Br2O2. The first-order valence-electron chi connectivity index (χ1n) is 4.72. The third-order valence-electron chi connectivity index (χ3n) is 1.64. The maximum Gasteiger partial charge on any atom is 0.320 e. The number of carbonyl (C=O) groups is 1. The number of rotatable bonds is 4. The minimum atomic E-state index is -0.262. The van der Waals surface area contributed by atoms with Crippen molar-refractivity contribution in [2.75, 3.05) is 6.61 Å². The molecule has 0 aromatic heterocycles. The quantitative estimate of drug-likeness (QED) is 0.582. The van der Waals surface area contributed by atoms with Crippen LogP contribution in [0.4, 0.5) is 0 Å². The van der Waals surface area contributed by atoms with Crippen LogP contribution in [0.25, 0.3) is 0 Å². The molecule has 2 atom stereocenters. The van der Waals surface area contributed by atoms with Gasteiger partial charge in [-0.15, -0.1) is 0 Å². The summed E-state index contributed by atoms with van der Waals surface area (Å²) in [5.74, 6) is -0.196. The largest absolute Gasteiger partial charge is 0.465 e. The van der Waals surface area contributed by atoms with Gasteiger partial charge in [-0.25, -0.2) is 0 Å². The van der Waals surface area contributed by atoms with Gasteiger partial charge in [0.25, 0.3) is 0 Å². The van der Waals surface area contributed by atoms with E-state index in [1.165, 1.54) is 0 Å². The number of hydrogen-bond acceptors (Lipinski definition) is 2. The Balaban J connectivity index is 4.11. The van der Waals surface area contributed by atoms with Crippen molar-refractivity contribution < 1.29 is 9.53 Å². The average molecular weight is 330 g/mol. The van der Waals surface area contributed by atoms with Crippen molar-refractivity contribution in [3.63, 3.8) is 0 Å². The highest BCUT2D eigenvalue weighted by atomic mass is 79.9. The standard InChI is InChI=1S/C10H18Br2O2/c1-5-14-9(13)8(12)7(11)6-10(2,3)4/h7-8H,5-6H2,1-4H3. The molecule has 84 valence electrons. The summed E-state index contributed by atoms with van der Waals surface area (Å²) in [6.45, 7) is 8.67. The van der Waals surface area contributed by atoms with Crippen molar-refractivity contribution in [2.24, 2.45) is 5.41 Å². The van der Waals surface area contributed by atoms with Crippen molar-refractivity contribution in [3.05, 3.63) is 0 Å². The fraction of sp³-hybridized carbons (Fsp3) is 0.900. The van der Waals surface area contributed by atoms with E-state index in [2.05, 4.69) is 52.6 Å². The molecule has 0 rings (SSSR count). The first-order valence-corrected chi connectivity index (χ1v) is 6.56. The second-order valence-electron chi connectivity index (χ2n) is 4.43. The van der Waals surface area contributed by atoms with Crippen molar-refractivity contribution in [1.29, 1.82) is 0 Å². The van der Waals surface area contributed by atoms with Gasteiger partial charge in [-0.05, 0) is 18.8 Å². The summed E-state index contributed by atoms with van der Waals surface area (Å²) in [6.07, 6.45) is 0.918. The van der Waals surface area contributed by atoms with E-state index in [1.54, 1.807) is 0 Å². The van der Waals surface area contributed by atoms with Gasteiger partial charge < -0.3 is 4.74 Å². The molecule has 0 aromatic carbocycles. The predicted octanol–water partition coefficient (Wildman–Crippen LogP) is 3.51. The van der Waals surface area contributed by atoms with Gasteiger partial charge in [-0.1, -0.05) is 52.6 Å². The Bertz CT molecular complexity index is 187. The van der Waals surface area contributed by atoms with E-state index in [-0.39, 0.29) is 21.0 Å². The van der Waals surface area contributed by atoms with E-state index in [1.807, 2.05) is 6.92 Å². The molecule has 0 spiro atoms. The van der Waals surface area contributed by atoms with Crippen LogP contribution in [-0.2, 0) is 9.53 Å². The highest BCUT2D eigenvalue weighted by molar-refractivity contribution is 9.12. The van der Waals surface area contributed by atoms with Gasteiger partial charge in [0.2, 0.25) is 0 Å². The fourth-order valence-corrected chi connectivity index (χ4v) is 2.56. The lowest BCUT2D eigenvalue weighted by Crippen LogP contribution is -2.29. The smallest absolute Gasteiger partial charge is 0.320 e. The van der Waals surface area contributed by atoms with Crippen LogP contribution in [0.2, 0.25) is 0 Å². The Labute approximate surface area is 103 Å². The molecule has 0 heterocycles. The van der Waals surface area contributed by atoms with Gasteiger partial charge >= 0.3 is 5.97 Å². The Hall–Kier alpha value is 0.430. The van der Waals surface area contributed by atoms with Crippen LogP contribution in [-0.4, -0.2) is 22.2 Å². The van der Waals surface area contributed by atoms with E-state index in [0.29, 0.717) is 6.61 Å². The molecule has 0 radical (unpaired) electrons. The van der Waals surface area contributed by atoms with Crippen LogP contribution in [0, 0.1) is 5.41 Å². The topological polar surface area (TPSA) is 26.3 Å². The van der Waals surface area contributed by atoms with Crippen LogP contribution >= 0.6 is 31.9 Å². The van der Waals surface area contributed by atoms with Gasteiger partial charge in [0, 0.05) is 4.83 Å². The van der Waals surface area contributed by atoms with Crippen LogP contribution in [0.5, 0.6) is 0 Å². The third-order valence-corrected chi connectivity index (χ3v) is 4.21. The van der Waals surface area contributed by atoms with Gasteiger partial charge in [0.05, 0.1) is 6.61 Å². The minimum Gasteiger partial charge on any atom is -0.465 e. The number of alkyl halides is 2. The lowest BCUT2D eigenvalue weighted by atomic mass is 9.90. The Kier molecular flexibility index (Phi) is 6.30. The van der Waals surface area contributed by atoms with Crippen LogP contribution in [0.3, 0.4) is 0 Å². The van der Waals surface area contributed by atoms with E-state index in [0.717, 1.165) is 6.42 Å². The molecule has 0 N–H and O–H groups in total. The first-order chi connectivity index (χ1) is 6.28. The van der Waals surface area contributed by atoms with Crippen LogP contribution in [0.1, 0.15) is 34.1 Å². The summed E-state index contributed by atoms with van der Waals surface area (Å²) in [6, 6.07) is 0. The normalized spacial score (nSPS) is 16.1. The highest BCUT2D eigenvalue weighted by Gasteiger charge is 2.28. The minimum absolute atomic E-state index is 0.113. The molecule has 2 unspecified atom stereocenters. The molecule has 0 fully saturated rings. The van der Waals surface area contributed by atoms with Crippen molar-refractivity contribution >= 4 is 37.8 Å². The third kappa shape index (κ3) is 6.02. The van der Waals surface area contributed by atoms with Crippen molar-refractivity contribution in [2.45, 2.75) is 43.8 Å². The van der Waals surface area contributed by atoms with E-state index in [9.17, 15) is 4.79 Å². The van der Waals surface area contributed by atoms with Gasteiger partial charge in [-0.2, -0.15) is 0 Å². The van der Waals surface area contributed by atoms with E-state index < -0.39 is 0 Å². The summed E-state index contributed by atoms with van der Waals surface area (Å²) in [4.78, 5) is 11.2. The first kappa shape index (κ1) is 14.4. The summed E-state index contributed by atoms with van der Waals surface area (Å²) < 4.78 is 4.92. The lowest BCUT2D eigenvalue weighted by molar-refractivity contribution is -0.142. The summed E-state index contributed by atoms with van der Waals surface area (Å²) in [5, 5.41) is 0. The summed E-state index contributed by atoms with van der Waals surface area (Å²) >= 11 is 6.84. The second-order valence-corrected chi connectivity index (χ2v) is 6.60. The number of hydrogen-bond donors (Lipinski definition) is 0. The lowest BCUT2D eigenvalue weighted by Gasteiger charge is -2.24. The number of halogens is 2. The molecule has 0 bridgehead atoms. The molecule has 0 saturated heterocycles. The average Bonchev–Trinajstić information content (AvgIpc) is 2.00. The Morgan fingerprint density at radius 3 is 2.21 bits per heavy atom. The SMILES string of the molecule is CCOC(=O)C(Br)C(Br)CC(C)(C)C. The zero-order valence-corrected chi connectivity index (χ0v) is 12.3. The van der Waals surface area contributed by atoms with E-state index in [4.69, 9.17) is 4.74 Å². The summed E-state index contributed by atoms with van der Waals surface area (Å²) in [5.41, 5.74) is 0.201. The predicted molar refractivity (Wildman–Crippen MR) is 66.1 cm³/mol. The zero-order valence-electron chi connectivity index (χ0n) is 9.14. The highest BCUT2D eigenvalue weighted by Crippen LogP contribution is 2.29. The van der Waals surface area contributed by atoms with Crippen molar-refractivity contribution in [3.8, 4) is 0 Å². The molecule has 0 aliphatic heterocycles. The molecular weight excluding hydrogens is 312 g/mol. The molecule has 14 heavy (non-hydrogen) atoms. The van der Waals surface area contributed by atoms with Gasteiger partial charge in [-0.3, -0.25) is 4.79 Å². The molecule has 0 aromatic rings. The molecule has 4 heteroatoms. The van der Waals surface area contributed by atoms with Gasteiger partial charge in [0.15, 0.2) is 0 Å². The molecule has 2 nitrogen and oxygen atoms in total. The number of carbonyl (C=O) groups excluding carboxylic acids is 1. The molecule has 0 amide bonds. The van der Waals surface area contributed by atoms with Gasteiger partial charge in [0.1, 0.15) is 4.83 Å². The molecule has 0 aliphatic carbocycles. The van der Waals surface area contributed by atoms with E-state index >= 15 is 0 Å². The summed E-state index contributed by atoms with van der Waals surface area (Å²) in [7, 11) is 0. The van der Waals surface area contributed by atoms with Crippen molar-refractivity contribution in [1.82, 2.24) is 0 Å². The maximum atomic E-state index is 11.4. The Morgan fingerprint density at radius 2 is 1.86 bits per heavy atom. The molecule has 0 aliphatic rings. The monoisotopic (exact) mass is 328 g/mol. The number of esters is 1. The van der Waals surface area contributed by atoms with Crippen LogP contribution in [0.15, 0.2) is 0 Å². The zero-order chi connectivity index (χ0) is 11.4. The second kappa shape index (κ2) is 6.11. The Morgan fingerprint density at radius 1 is 1.36 bits per heavy atom. The number of ether oxygens (including phenoxy) is 1. The maximum absolute atomic E-state index is 11.4. The van der Waals surface area contributed by atoms with Crippen LogP contribution < -0.4 is 0 Å². The fourth-order valence-electron chi connectivity index (χ4n) is 1.06. The molecule has 0 saturated carbocycles.